The van der Waals surface area contributed by atoms with Crippen LogP contribution in [-0.2, 0) is 5.41 Å². The molecule has 0 spiro atoms. The van der Waals surface area contributed by atoms with Crippen LogP contribution in [0, 0.1) is 0 Å². The second-order valence-corrected chi connectivity index (χ2v) is 6.20. The number of nitrogens with zero attached hydrogens (tertiary/aromatic N) is 1. The average molecular weight is 284 g/mol. The monoisotopic (exact) mass is 284 g/mol. The van der Waals surface area contributed by atoms with E-state index in [1.807, 2.05) is 25.3 Å². The lowest BCUT2D eigenvalue weighted by Crippen LogP contribution is -2.20. The highest BCUT2D eigenvalue weighted by atomic mass is 16.5. The van der Waals surface area contributed by atoms with Crippen LogP contribution in [0.3, 0.4) is 0 Å². The van der Waals surface area contributed by atoms with Crippen LogP contribution in [0.4, 0.5) is 0 Å². The van der Waals surface area contributed by atoms with E-state index >= 15 is 0 Å². The minimum absolute atomic E-state index is 0.0547. The minimum atomic E-state index is -0.201. The van der Waals surface area contributed by atoms with Gasteiger partial charge in [0.1, 0.15) is 5.75 Å². The van der Waals surface area contributed by atoms with Crippen LogP contribution in [0.1, 0.15) is 50.4 Å². The molecule has 1 aromatic carbocycles. The molecule has 0 amide bonds. The third kappa shape index (κ3) is 3.61. The molecule has 0 bridgehead atoms. The second kappa shape index (κ2) is 6.27. The molecule has 2 rings (SSSR count). The fourth-order valence-corrected chi connectivity index (χ4v) is 2.48. The van der Waals surface area contributed by atoms with E-state index in [0.717, 1.165) is 16.9 Å². The summed E-state index contributed by atoms with van der Waals surface area (Å²) in [6, 6.07) is 10.1. The third-order valence-corrected chi connectivity index (χ3v) is 3.51. The SMILES string of the molecule is CCOc1cncc(C(N)c2ccccc2C(C)(C)C)c1. The Kier molecular flexibility index (Phi) is 4.63. The van der Waals surface area contributed by atoms with Crippen molar-refractivity contribution in [3.63, 3.8) is 0 Å². The first kappa shape index (κ1) is 15.5. The molecule has 2 aromatic rings. The molecule has 1 atom stereocenters. The van der Waals surface area contributed by atoms with Crippen molar-refractivity contribution in [2.24, 2.45) is 5.73 Å². The van der Waals surface area contributed by atoms with Crippen molar-refractivity contribution in [3.8, 4) is 5.75 Å². The van der Waals surface area contributed by atoms with Gasteiger partial charge in [0.25, 0.3) is 0 Å². The lowest BCUT2D eigenvalue weighted by Gasteiger charge is -2.26. The fraction of sp³-hybridized carbons (Fsp3) is 0.389. The van der Waals surface area contributed by atoms with Crippen LogP contribution in [-0.4, -0.2) is 11.6 Å². The van der Waals surface area contributed by atoms with Crippen molar-refractivity contribution in [3.05, 3.63) is 59.4 Å². The zero-order chi connectivity index (χ0) is 15.5. The van der Waals surface area contributed by atoms with Crippen LogP contribution >= 0.6 is 0 Å². The number of nitrogens with two attached hydrogens (primary N) is 1. The normalized spacial score (nSPS) is 13.0. The zero-order valence-corrected chi connectivity index (χ0v) is 13.3. The number of ether oxygens (including phenoxy) is 1. The van der Waals surface area contributed by atoms with Gasteiger partial charge >= 0.3 is 0 Å². The number of hydrogen-bond acceptors (Lipinski definition) is 3. The Morgan fingerprint density at radius 3 is 2.57 bits per heavy atom. The summed E-state index contributed by atoms with van der Waals surface area (Å²) in [4.78, 5) is 4.24. The first-order valence-corrected chi connectivity index (χ1v) is 7.36. The first-order chi connectivity index (χ1) is 9.93. The van der Waals surface area contributed by atoms with Gasteiger partial charge in [-0.1, -0.05) is 45.0 Å². The maximum absolute atomic E-state index is 6.48. The lowest BCUT2D eigenvalue weighted by molar-refractivity contribution is 0.338. The van der Waals surface area contributed by atoms with Crippen molar-refractivity contribution >= 4 is 0 Å². The van der Waals surface area contributed by atoms with Crippen LogP contribution in [0.25, 0.3) is 0 Å². The van der Waals surface area contributed by atoms with Gasteiger partial charge in [-0.2, -0.15) is 0 Å². The molecular formula is C18H24N2O. The van der Waals surface area contributed by atoms with Crippen molar-refractivity contribution in [2.45, 2.75) is 39.2 Å². The molecule has 3 nitrogen and oxygen atoms in total. The summed E-state index contributed by atoms with van der Waals surface area (Å²) >= 11 is 0. The van der Waals surface area contributed by atoms with Crippen molar-refractivity contribution < 1.29 is 4.74 Å². The van der Waals surface area contributed by atoms with Gasteiger partial charge in [0.15, 0.2) is 0 Å². The van der Waals surface area contributed by atoms with Crippen molar-refractivity contribution in [1.29, 1.82) is 0 Å². The maximum Gasteiger partial charge on any atom is 0.137 e. The Bertz CT molecular complexity index is 602. The molecule has 0 radical (unpaired) electrons. The average Bonchev–Trinajstić information content (AvgIpc) is 2.46. The highest BCUT2D eigenvalue weighted by molar-refractivity contribution is 5.41. The van der Waals surface area contributed by atoms with Gasteiger partial charge in [0.05, 0.1) is 18.8 Å². The Balaban J connectivity index is 2.41. The predicted octanol–water partition coefficient (Wildman–Crippen LogP) is 3.83. The third-order valence-electron chi connectivity index (χ3n) is 3.51. The molecule has 1 aromatic heterocycles. The number of pyridine rings is 1. The number of aromatic nitrogens is 1. The molecule has 0 saturated carbocycles. The van der Waals surface area contributed by atoms with E-state index in [1.54, 1.807) is 6.20 Å². The van der Waals surface area contributed by atoms with E-state index < -0.39 is 0 Å². The van der Waals surface area contributed by atoms with E-state index in [2.05, 4.69) is 44.0 Å². The van der Waals surface area contributed by atoms with Crippen molar-refractivity contribution in [2.75, 3.05) is 6.61 Å². The second-order valence-electron chi connectivity index (χ2n) is 6.20. The molecule has 1 unspecified atom stereocenters. The minimum Gasteiger partial charge on any atom is -0.492 e. The highest BCUT2D eigenvalue weighted by Gasteiger charge is 2.21. The highest BCUT2D eigenvalue weighted by Crippen LogP contribution is 2.32. The van der Waals surface area contributed by atoms with Gasteiger partial charge < -0.3 is 10.5 Å². The maximum atomic E-state index is 6.48. The van der Waals surface area contributed by atoms with E-state index in [-0.39, 0.29) is 11.5 Å². The van der Waals surface area contributed by atoms with Crippen LogP contribution in [0.15, 0.2) is 42.7 Å². The van der Waals surface area contributed by atoms with Gasteiger partial charge in [0, 0.05) is 6.20 Å². The van der Waals surface area contributed by atoms with Gasteiger partial charge in [-0.25, -0.2) is 0 Å². The summed E-state index contributed by atoms with van der Waals surface area (Å²) in [7, 11) is 0. The first-order valence-electron chi connectivity index (χ1n) is 7.36. The van der Waals surface area contributed by atoms with Gasteiger partial charge in [-0.3, -0.25) is 4.98 Å². The van der Waals surface area contributed by atoms with E-state index in [0.29, 0.717) is 6.61 Å². The quantitative estimate of drug-likeness (QED) is 0.928. The molecule has 112 valence electrons. The summed E-state index contributed by atoms with van der Waals surface area (Å²) < 4.78 is 5.51. The van der Waals surface area contributed by atoms with Gasteiger partial charge in [-0.15, -0.1) is 0 Å². The van der Waals surface area contributed by atoms with Crippen LogP contribution in [0.5, 0.6) is 5.75 Å². The van der Waals surface area contributed by atoms with Gasteiger partial charge in [-0.05, 0) is 35.1 Å². The van der Waals surface area contributed by atoms with E-state index in [9.17, 15) is 0 Å². The molecule has 0 fully saturated rings. The summed E-state index contributed by atoms with van der Waals surface area (Å²) in [5.41, 5.74) is 9.91. The predicted molar refractivity (Wildman–Crippen MR) is 86.6 cm³/mol. The molecule has 0 saturated heterocycles. The Labute approximate surface area is 127 Å². The molecule has 21 heavy (non-hydrogen) atoms. The summed E-state index contributed by atoms with van der Waals surface area (Å²) in [6.45, 7) is 9.19. The fourth-order valence-electron chi connectivity index (χ4n) is 2.48. The van der Waals surface area contributed by atoms with Gasteiger partial charge in [0.2, 0.25) is 0 Å². The van der Waals surface area contributed by atoms with Crippen LogP contribution < -0.4 is 10.5 Å². The molecule has 0 aliphatic heterocycles. The zero-order valence-electron chi connectivity index (χ0n) is 13.3. The number of hydrogen-bond donors (Lipinski definition) is 1. The molecule has 3 heteroatoms. The van der Waals surface area contributed by atoms with E-state index in [1.165, 1.54) is 5.56 Å². The van der Waals surface area contributed by atoms with E-state index in [4.69, 9.17) is 10.5 Å². The summed E-state index contributed by atoms with van der Waals surface area (Å²) in [5.74, 6) is 0.763. The molecular weight excluding hydrogens is 260 g/mol. The molecule has 0 aliphatic rings. The molecule has 0 aliphatic carbocycles. The smallest absolute Gasteiger partial charge is 0.137 e. The summed E-state index contributed by atoms with van der Waals surface area (Å²) in [6.07, 6.45) is 3.53. The topological polar surface area (TPSA) is 48.1 Å². The Morgan fingerprint density at radius 2 is 1.90 bits per heavy atom. The largest absolute Gasteiger partial charge is 0.492 e. The standard InChI is InChI=1S/C18H24N2O/c1-5-21-14-10-13(11-20-12-14)17(19)15-8-6-7-9-16(15)18(2,3)4/h6-12,17H,5,19H2,1-4H3. The van der Waals surface area contributed by atoms with Crippen LogP contribution in [0.2, 0.25) is 0 Å². The molecule has 2 N–H and O–H groups in total. The number of benzene rings is 1. The summed E-state index contributed by atoms with van der Waals surface area (Å²) in [5, 5.41) is 0. The lowest BCUT2D eigenvalue weighted by atomic mass is 9.81. The van der Waals surface area contributed by atoms with Crippen molar-refractivity contribution in [1.82, 2.24) is 4.98 Å². The Morgan fingerprint density at radius 1 is 1.19 bits per heavy atom. The number of rotatable bonds is 4. The molecule has 1 heterocycles. The Hall–Kier alpha value is -1.87.